The van der Waals surface area contributed by atoms with Gasteiger partial charge in [0.1, 0.15) is 0 Å². The van der Waals surface area contributed by atoms with E-state index < -0.39 is 0 Å². The van der Waals surface area contributed by atoms with Gasteiger partial charge in [0.2, 0.25) is 5.91 Å². The summed E-state index contributed by atoms with van der Waals surface area (Å²) in [5.74, 6) is 0.234. The van der Waals surface area contributed by atoms with Crippen LogP contribution in [0.25, 0.3) is 10.9 Å². The Balaban J connectivity index is 1.76. The number of allylic oxidation sites excluding steroid dienone is 1. The molecule has 2 heterocycles. The summed E-state index contributed by atoms with van der Waals surface area (Å²) in [6.45, 7) is 2.85. The number of carbonyl (C=O) groups is 1. The molecule has 0 spiro atoms. The zero-order valence-electron chi connectivity index (χ0n) is 11.1. The standard InChI is InChI=1S/C16H18N2O/c1-12-5-6-14-13(11-17-15(14)10-12)7-9-18-8-3-2-4-16(18)19/h3,5-6,8,10-11,17H,2,4,7,9H2,1H3. The van der Waals surface area contributed by atoms with Gasteiger partial charge < -0.3 is 9.88 Å². The van der Waals surface area contributed by atoms with Crippen LogP contribution >= 0.6 is 0 Å². The summed E-state index contributed by atoms with van der Waals surface area (Å²) in [4.78, 5) is 16.9. The number of carbonyl (C=O) groups excluding carboxylic acids is 1. The number of rotatable bonds is 3. The van der Waals surface area contributed by atoms with Gasteiger partial charge in [-0.1, -0.05) is 18.2 Å². The Morgan fingerprint density at radius 2 is 2.26 bits per heavy atom. The molecule has 0 atom stereocenters. The monoisotopic (exact) mass is 254 g/mol. The summed E-state index contributed by atoms with van der Waals surface area (Å²) in [7, 11) is 0. The second kappa shape index (κ2) is 4.92. The van der Waals surface area contributed by atoms with Crippen LogP contribution < -0.4 is 0 Å². The number of nitrogens with zero attached hydrogens (tertiary/aromatic N) is 1. The predicted molar refractivity (Wildman–Crippen MR) is 76.8 cm³/mol. The topological polar surface area (TPSA) is 36.1 Å². The van der Waals surface area contributed by atoms with Gasteiger partial charge in [-0.15, -0.1) is 0 Å². The number of hydrogen-bond donors (Lipinski definition) is 1. The molecule has 3 heteroatoms. The number of H-pyrrole nitrogens is 1. The van der Waals surface area contributed by atoms with Crippen molar-refractivity contribution < 1.29 is 4.79 Å². The quantitative estimate of drug-likeness (QED) is 0.897. The number of aryl methyl sites for hydroxylation is 1. The van der Waals surface area contributed by atoms with Gasteiger partial charge in [-0.25, -0.2) is 0 Å². The van der Waals surface area contributed by atoms with Crippen LogP contribution in [0.1, 0.15) is 24.0 Å². The predicted octanol–water partition coefficient (Wildman–Crippen LogP) is 3.15. The lowest BCUT2D eigenvalue weighted by Gasteiger charge is -2.21. The van der Waals surface area contributed by atoms with Crippen LogP contribution in [0, 0.1) is 6.92 Å². The van der Waals surface area contributed by atoms with Crippen LogP contribution in [0.15, 0.2) is 36.7 Å². The van der Waals surface area contributed by atoms with Crippen molar-refractivity contribution in [3.8, 4) is 0 Å². The molecule has 2 aromatic rings. The molecule has 0 saturated heterocycles. The first-order chi connectivity index (χ1) is 9.24. The molecule has 1 aliphatic rings. The third kappa shape index (κ3) is 2.41. The Labute approximate surface area is 112 Å². The molecule has 1 aromatic heterocycles. The average molecular weight is 254 g/mol. The van der Waals surface area contributed by atoms with Crippen molar-refractivity contribution >= 4 is 16.8 Å². The van der Waals surface area contributed by atoms with Crippen LogP contribution in [-0.4, -0.2) is 22.3 Å². The van der Waals surface area contributed by atoms with Crippen molar-refractivity contribution in [3.05, 3.63) is 47.8 Å². The maximum atomic E-state index is 11.7. The van der Waals surface area contributed by atoms with E-state index in [1.807, 2.05) is 11.1 Å². The molecule has 1 amide bonds. The fourth-order valence-corrected chi connectivity index (χ4v) is 2.58. The largest absolute Gasteiger partial charge is 0.361 e. The smallest absolute Gasteiger partial charge is 0.226 e. The minimum absolute atomic E-state index is 0.234. The highest BCUT2D eigenvalue weighted by Gasteiger charge is 2.14. The molecule has 0 fully saturated rings. The number of aromatic nitrogens is 1. The Bertz CT molecular complexity index is 639. The molecule has 1 N–H and O–H groups in total. The lowest BCUT2D eigenvalue weighted by Crippen LogP contribution is -2.29. The molecule has 98 valence electrons. The van der Waals surface area contributed by atoms with Gasteiger partial charge in [-0.3, -0.25) is 4.79 Å². The third-order valence-corrected chi connectivity index (χ3v) is 3.68. The summed E-state index contributed by atoms with van der Waals surface area (Å²) in [6, 6.07) is 6.45. The van der Waals surface area contributed by atoms with E-state index in [2.05, 4.69) is 42.4 Å². The number of amides is 1. The highest BCUT2D eigenvalue weighted by atomic mass is 16.2. The lowest BCUT2D eigenvalue weighted by molar-refractivity contribution is -0.129. The fourth-order valence-electron chi connectivity index (χ4n) is 2.58. The van der Waals surface area contributed by atoms with Crippen molar-refractivity contribution in [2.75, 3.05) is 6.54 Å². The molecular formula is C16H18N2O. The van der Waals surface area contributed by atoms with Gasteiger partial charge >= 0.3 is 0 Å². The molecule has 0 radical (unpaired) electrons. The van der Waals surface area contributed by atoms with E-state index in [-0.39, 0.29) is 5.91 Å². The van der Waals surface area contributed by atoms with Crippen molar-refractivity contribution in [3.63, 3.8) is 0 Å². The molecule has 3 nitrogen and oxygen atoms in total. The first-order valence-corrected chi connectivity index (χ1v) is 6.77. The molecule has 0 saturated carbocycles. The second-order valence-electron chi connectivity index (χ2n) is 5.12. The number of hydrogen-bond acceptors (Lipinski definition) is 1. The van der Waals surface area contributed by atoms with Gasteiger partial charge in [0.05, 0.1) is 0 Å². The van der Waals surface area contributed by atoms with Crippen LogP contribution in [0.5, 0.6) is 0 Å². The van der Waals surface area contributed by atoms with Crippen molar-refractivity contribution in [2.24, 2.45) is 0 Å². The molecular weight excluding hydrogens is 236 g/mol. The van der Waals surface area contributed by atoms with Crippen LogP contribution in [-0.2, 0) is 11.2 Å². The van der Waals surface area contributed by atoms with Gasteiger partial charge in [-0.2, -0.15) is 0 Å². The molecule has 1 aliphatic heterocycles. The number of nitrogens with one attached hydrogen (secondary N) is 1. The maximum absolute atomic E-state index is 11.7. The van der Waals surface area contributed by atoms with Gasteiger partial charge in [0, 0.05) is 36.3 Å². The third-order valence-electron chi connectivity index (χ3n) is 3.68. The van der Waals surface area contributed by atoms with E-state index in [4.69, 9.17) is 0 Å². The normalized spacial score (nSPS) is 15.4. The Morgan fingerprint density at radius 3 is 3.11 bits per heavy atom. The van der Waals surface area contributed by atoms with Crippen LogP contribution in [0.3, 0.4) is 0 Å². The number of aromatic amines is 1. The van der Waals surface area contributed by atoms with E-state index >= 15 is 0 Å². The highest BCUT2D eigenvalue weighted by Crippen LogP contribution is 2.20. The second-order valence-corrected chi connectivity index (χ2v) is 5.12. The summed E-state index contributed by atoms with van der Waals surface area (Å²) >= 11 is 0. The van der Waals surface area contributed by atoms with E-state index in [0.717, 1.165) is 19.4 Å². The Morgan fingerprint density at radius 1 is 1.37 bits per heavy atom. The van der Waals surface area contributed by atoms with Crippen LogP contribution in [0.4, 0.5) is 0 Å². The summed E-state index contributed by atoms with van der Waals surface area (Å²) in [5, 5.41) is 1.26. The van der Waals surface area contributed by atoms with Gasteiger partial charge in [0.25, 0.3) is 0 Å². The summed E-state index contributed by atoms with van der Waals surface area (Å²) in [5.41, 5.74) is 3.72. The summed E-state index contributed by atoms with van der Waals surface area (Å²) in [6.07, 6.45) is 8.46. The molecule has 0 unspecified atom stereocenters. The minimum Gasteiger partial charge on any atom is -0.361 e. The average Bonchev–Trinajstić information content (AvgIpc) is 2.80. The fraction of sp³-hybridized carbons (Fsp3) is 0.312. The first kappa shape index (κ1) is 12.0. The Hall–Kier alpha value is -2.03. The minimum atomic E-state index is 0.234. The van der Waals surface area contributed by atoms with Crippen LogP contribution in [0.2, 0.25) is 0 Å². The van der Waals surface area contributed by atoms with Gasteiger partial charge in [-0.05, 0) is 37.0 Å². The van der Waals surface area contributed by atoms with E-state index in [1.54, 1.807) is 0 Å². The zero-order valence-corrected chi connectivity index (χ0v) is 11.1. The van der Waals surface area contributed by atoms with E-state index in [1.165, 1.54) is 22.0 Å². The van der Waals surface area contributed by atoms with Crippen molar-refractivity contribution in [1.82, 2.24) is 9.88 Å². The van der Waals surface area contributed by atoms with E-state index in [9.17, 15) is 4.79 Å². The molecule has 3 rings (SSSR count). The number of benzene rings is 1. The zero-order chi connectivity index (χ0) is 13.2. The number of fused-ring (bicyclic) bond motifs is 1. The van der Waals surface area contributed by atoms with E-state index in [0.29, 0.717) is 6.42 Å². The molecule has 0 aliphatic carbocycles. The highest BCUT2D eigenvalue weighted by molar-refractivity contribution is 5.84. The molecule has 19 heavy (non-hydrogen) atoms. The summed E-state index contributed by atoms with van der Waals surface area (Å²) < 4.78 is 0. The maximum Gasteiger partial charge on any atom is 0.226 e. The van der Waals surface area contributed by atoms with Gasteiger partial charge in [0.15, 0.2) is 0 Å². The van der Waals surface area contributed by atoms with Crippen molar-refractivity contribution in [2.45, 2.75) is 26.2 Å². The first-order valence-electron chi connectivity index (χ1n) is 6.77. The molecule has 1 aromatic carbocycles. The van der Waals surface area contributed by atoms with Crippen molar-refractivity contribution in [1.29, 1.82) is 0 Å². The Kier molecular flexibility index (Phi) is 3.11. The molecule has 0 bridgehead atoms. The lowest BCUT2D eigenvalue weighted by atomic mass is 10.1. The SMILES string of the molecule is Cc1ccc2c(CCN3C=CCCC3=O)c[nH]c2c1.